The van der Waals surface area contributed by atoms with Crippen molar-refractivity contribution >= 4 is 21.8 Å². The normalized spacial score (nSPS) is 20.3. The summed E-state index contributed by atoms with van der Waals surface area (Å²) in [5.41, 5.74) is -3.91. The monoisotopic (exact) mass is 335 g/mol. The highest BCUT2D eigenvalue weighted by molar-refractivity contribution is 7.18. The topological polar surface area (TPSA) is 40.6 Å². The average molecular weight is 335 g/mol. The number of hydrogen-bond donors (Lipinski definition) is 0. The van der Waals surface area contributed by atoms with Crippen molar-refractivity contribution in [3.8, 4) is 5.88 Å². The van der Waals surface area contributed by atoms with Crippen LogP contribution in [-0.2, 0) is 9.31 Å². The number of alkyl halides is 2. The molecule has 1 unspecified atom stereocenters. The van der Waals surface area contributed by atoms with Gasteiger partial charge < -0.3 is 14.0 Å². The predicted molar refractivity (Wildman–Crippen MR) is 80.1 cm³/mol. The maximum Gasteiger partial charge on any atom is 0.496 e. The molecule has 122 valence electrons. The minimum atomic E-state index is -3.14. The lowest BCUT2D eigenvalue weighted by molar-refractivity contribution is 0.00578. The Bertz CT molecular complexity index is 550. The zero-order valence-corrected chi connectivity index (χ0v) is 14.0. The van der Waals surface area contributed by atoms with Crippen molar-refractivity contribution in [2.75, 3.05) is 6.61 Å². The Balaban J connectivity index is 2.14. The smallest absolute Gasteiger partial charge is 0.469 e. The molecular weight excluding hydrogens is 317 g/mol. The fourth-order valence-corrected chi connectivity index (χ4v) is 1.90. The molecule has 0 radical (unpaired) electrons. The van der Waals surface area contributed by atoms with E-state index in [0.29, 0.717) is 5.46 Å². The van der Waals surface area contributed by atoms with E-state index in [-0.39, 0.29) is 0 Å². The van der Waals surface area contributed by atoms with Crippen LogP contribution in [0.2, 0.25) is 0 Å². The number of rotatable bonds is 4. The first kappa shape index (κ1) is 17.5. The van der Waals surface area contributed by atoms with E-state index < -0.39 is 42.3 Å². The van der Waals surface area contributed by atoms with Crippen molar-refractivity contribution in [1.29, 1.82) is 0 Å². The van der Waals surface area contributed by atoms with E-state index >= 15 is 0 Å². The minimum Gasteiger partial charge on any atom is -0.469 e. The van der Waals surface area contributed by atoms with E-state index in [0.717, 1.165) is 6.07 Å². The highest BCUT2D eigenvalue weighted by atomic mass is 31.0. The van der Waals surface area contributed by atoms with Crippen molar-refractivity contribution in [2.45, 2.75) is 44.6 Å². The zero-order valence-electron chi connectivity index (χ0n) is 12.8. The second-order valence-electron chi connectivity index (χ2n) is 6.19. The van der Waals surface area contributed by atoms with Crippen LogP contribution in [0.15, 0.2) is 12.3 Å². The molecule has 22 heavy (non-hydrogen) atoms. The van der Waals surface area contributed by atoms with Crippen molar-refractivity contribution in [3.63, 3.8) is 0 Å². The number of nitrogens with zero attached hydrogens (tertiary/aromatic N) is 1. The Morgan fingerprint density at radius 1 is 1.27 bits per heavy atom. The Hall–Kier alpha value is -0.845. The van der Waals surface area contributed by atoms with Crippen LogP contribution in [0.5, 0.6) is 5.88 Å². The summed E-state index contributed by atoms with van der Waals surface area (Å²) in [6, 6.07) is 1.12. The van der Waals surface area contributed by atoms with Gasteiger partial charge in [-0.25, -0.2) is 9.37 Å². The third-order valence-electron chi connectivity index (χ3n) is 3.76. The molecule has 0 aromatic carbocycles. The molecule has 0 aliphatic carbocycles. The van der Waals surface area contributed by atoms with Crippen LogP contribution < -0.4 is 10.2 Å². The average Bonchev–Trinajstić information content (AvgIpc) is 2.56. The molecule has 0 saturated carbocycles. The summed E-state index contributed by atoms with van der Waals surface area (Å²) in [6.45, 7) is 6.51. The number of hydrogen-bond acceptors (Lipinski definition) is 4. The molecule has 1 saturated heterocycles. The lowest BCUT2D eigenvalue weighted by Crippen LogP contribution is -2.41. The number of pyridine rings is 1. The van der Waals surface area contributed by atoms with Crippen LogP contribution in [0.4, 0.5) is 13.2 Å². The van der Waals surface area contributed by atoms with Gasteiger partial charge in [-0.1, -0.05) is 9.24 Å². The van der Waals surface area contributed by atoms with Crippen LogP contribution in [0.25, 0.3) is 0 Å². The molecule has 9 heteroatoms. The van der Waals surface area contributed by atoms with Crippen LogP contribution in [0.1, 0.15) is 27.7 Å². The fourth-order valence-electron chi connectivity index (χ4n) is 1.82. The van der Waals surface area contributed by atoms with E-state index in [1.807, 2.05) is 27.7 Å². The maximum absolute atomic E-state index is 13.9. The number of halogens is 3. The Labute approximate surface area is 130 Å². The molecule has 1 atom stereocenters. The van der Waals surface area contributed by atoms with E-state index in [1.54, 1.807) is 0 Å². The Morgan fingerprint density at radius 2 is 1.82 bits per heavy atom. The summed E-state index contributed by atoms with van der Waals surface area (Å²) in [5, 5.41) is 0. The third kappa shape index (κ3) is 3.73. The molecule has 0 bridgehead atoms. The van der Waals surface area contributed by atoms with Gasteiger partial charge in [-0.15, -0.1) is 0 Å². The van der Waals surface area contributed by atoms with E-state index in [4.69, 9.17) is 9.31 Å². The van der Waals surface area contributed by atoms with Crippen molar-refractivity contribution in [2.24, 2.45) is 0 Å². The first-order valence-corrected chi connectivity index (χ1v) is 7.30. The Morgan fingerprint density at radius 3 is 2.27 bits per heavy atom. The summed E-state index contributed by atoms with van der Waals surface area (Å²) in [5.74, 6) is -1.33. The molecule has 1 fully saturated rings. The van der Waals surface area contributed by atoms with Crippen LogP contribution in [0, 0.1) is 5.82 Å². The summed E-state index contributed by atoms with van der Waals surface area (Å²) >= 11 is 0. The van der Waals surface area contributed by atoms with Gasteiger partial charge in [-0.3, -0.25) is 0 Å². The summed E-state index contributed by atoms with van der Waals surface area (Å²) < 4.78 is 55.5. The van der Waals surface area contributed by atoms with Crippen LogP contribution >= 0.6 is 9.24 Å². The maximum atomic E-state index is 13.9. The van der Waals surface area contributed by atoms with Crippen molar-refractivity contribution in [3.05, 3.63) is 18.1 Å². The minimum absolute atomic E-state index is 0.362. The number of ether oxygens (including phenoxy) is 1. The molecule has 2 heterocycles. The van der Waals surface area contributed by atoms with Gasteiger partial charge in [0.05, 0.1) is 11.2 Å². The second kappa shape index (κ2) is 5.66. The predicted octanol–water partition coefficient (Wildman–Crippen LogP) is 2.37. The molecule has 1 aromatic heterocycles. The molecule has 0 spiro atoms. The molecule has 1 aliphatic heterocycles. The summed E-state index contributed by atoms with van der Waals surface area (Å²) in [7, 11) is 0.542. The van der Waals surface area contributed by atoms with Gasteiger partial charge >= 0.3 is 7.12 Å². The molecule has 4 nitrogen and oxygen atoms in total. The Kier molecular flexibility index (Phi) is 4.50. The van der Waals surface area contributed by atoms with Gasteiger partial charge in [0, 0.05) is 11.7 Å². The SMILES string of the molecule is CC1(C)OB(c2cnc(OCC(F)(F)P)c(F)c2)OC1(C)C. The van der Waals surface area contributed by atoms with E-state index in [2.05, 4.69) is 9.72 Å². The van der Waals surface area contributed by atoms with Crippen LogP contribution in [0.3, 0.4) is 0 Å². The van der Waals surface area contributed by atoms with Crippen LogP contribution in [-0.4, -0.2) is 35.6 Å². The van der Waals surface area contributed by atoms with Gasteiger partial charge in [0.15, 0.2) is 12.4 Å². The van der Waals surface area contributed by atoms with Gasteiger partial charge in [-0.2, -0.15) is 8.78 Å². The van der Waals surface area contributed by atoms with Gasteiger partial charge in [-0.05, 0) is 33.8 Å². The largest absolute Gasteiger partial charge is 0.496 e. The first-order chi connectivity index (χ1) is 9.91. The van der Waals surface area contributed by atoms with E-state index in [9.17, 15) is 13.2 Å². The fraction of sp³-hybridized carbons (Fsp3) is 0.615. The lowest BCUT2D eigenvalue weighted by Gasteiger charge is -2.32. The highest BCUT2D eigenvalue weighted by Gasteiger charge is 2.52. The first-order valence-electron chi connectivity index (χ1n) is 6.72. The standard InChI is InChI=1S/C13H18BF3NO3P/c1-11(2)12(3,4)21-14(20-11)8-5-9(15)10(18-6-8)19-7-13(16,17)22/h5-6H,7,22H2,1-4H3. The molecular formula is C13H18BF3NO3P. The quantitative estimate of drug-likeness (QED) is 0.626. The lowest BCUT2D eigenvalue weighted by atomic mass is 9.80. The van der Waals surface area contributed by atoms with Crippen molar-refractivity contribution < 1.29 is 27.2 Å². The molecule has 1 aliphatic rings. The highest BCUT2D eigenvalue weighted by Crippen LogP contribution is 2.36. The second-order valence-corrected chi connectivity index (χ2v) is 7.04. The van der Waals surface area contributed by atoms with Gasteiger partial charge in [0.1, 0.15) is 0 Å². The summed E-state index contributed by atoms with van der Waals surface area (Å²) in [6.07, 6.45) is 1.29. The van der Waals surface area contributed by atoms with E-state index in [1.165, 1.54) is 15.4 Å². The molecule has 0 N–H and O–H groups in total. The third-order valence-corrected chi connectivity index (χ3v) is 3.92. The molecule has 1 aromatic rings. The zero-order chi connectivity index (χ0) is 16.8. The molecule has 2 rings (SSSR count). The number of aromatic nitrogens is 1. The van der Waals surface area contributed by atoms with Gasteiger partial charge in [0.2, 0.25) is 0 Å². The molecule has 0 amide bonds. The summed E-state index contributed by atoms with van der Waals surface area (Å²) in [4.78, 5) is 3.72. The van der Waals surface area contributed by atoms with Crippen molar-refractivity contribution in [1.82, 2.24) is 4.98 Å². The van der Waals surface area contributed by atoms with Gasteiger partial charge in [0.25, 0.3) is 11.5 Å².